The number of ether oxygens (including phenoxy) is 2. The molecule has 1 saturated carbocycles. The fourth-order valence-corrected chi connectivity index (χ4v) is 3.82. The average molecular weight is 517 g/mol. The molecule has 164 valence electrons. The number of benzene rings is 1. The fraction of sp³-hybridized carbons (Fsp3) is 0.636. The Hall–Kier alpha value is -1.35. The van der Waals surface area contributed by atoms with Crippen LogP contribution in [0.1, 0.15) is 54.9 Å². The van der Waals surface area contributed by atoms with E-state index in [4.69, 9.17) is 9.47 Å². The molecule has 0 aromatic heterocycles. The zero-order chi connectivity index (χ0) is 20.2. The van der Waals surface area contributed by atoms with Gasteiger partial charge >= 0.3 is 5.97 Å². The predicted octanol–water partition coefficient (Wildman–Crippen LogP) is 3.79. The van der Waals surface area contributed by atoms with E-state index in [0.29, 0.717) is 11.0 Å². The quantitative estimate of drug-likeness (QED) is 0.163. The molecule has 0 aliphatic heterocycles. The number of esters is 1. The maximum absolute atomic E-state index is 11.5. The van der Waals surface area contributed by atoms with Gasteiger partial charge in [0, 0.05) is 33.4 Å². The van der Waals surface area contributed by atoms with Crippen LogP contribution in [0.5, 0.6) is 0 Å². The molecule has 0 unspecified atom stereocenters. The maximum Gasteiger partial charge on any atom is 0.337 e. The minimum Gasteiger partial charge on any atom is -0.465 e. The highest BCUT2D eigenvalue weighted by Crippen LogP contribution is 2.40. The van der Waals surface area contributed by atoms with Crippen molar-refractivity contribution in [3.8, 4) is 0 Å². The number of aliphatic imine (C=N–C) groups is 1. The largest absolute Gasteiger partial charge is 0.465 e. The molecule has 0 spiro atoms. The Morgan fingerprint density at radius 1 is 1.17 bits per heavy atom. The molecule has 1 fully saturated rings. The lowest BCUT2D eigenvalue weighted by molar-refractivity contribution is 0.0600. The van der Waals surface area contributed by atoms with Crippen molar-refractivity contribution < 1.29 is 14.3 Å². The number of carbonyl (C=O) groups excluding carboxylic acids is 1. The van der Waals surface area contributed by atoms with Gasteiger partial charge in [-0.3, -0.25) is 4.99 Å². The van der Waals surface area contributed by atoms with Crippen molar-refractivity contribution in [1.29, 1.82) is 0 Å². The van der Waals surface area contributed by atoms with Gasteiger partial charge in [-0.15, -0.1) is 24.0 Å². The van der Waals surface area contributed by atoms with Crippen LogP contribution in [0.25, 0.3) is 0 Å². The molecule has 1 aliphatic rings. The first-order valence-electron chi connectivity index (χ1n) is 10.3. The molecule has 0 saturated heterocycles. The molecular weight excluding hydrogens is 481 g/mol. The summed E-state index contributed by atoms with van der Waals surface area (Å²) in [6.45, 7) is 5.39. The lowest BCUT2D eigenvalue weighted by Crippen LogP contribution is -2.44. The van der Waals surface area contributed by atoms with Gasteiger partial charge < -0.3 is 20.1 Å². The number of guanidine groups is 1. The van der Waals surface area contributed by atoms with Gasteiger partial charge in [-0.05, 0) is 55.7 Å². The number of nitrogens with zero attached hydrogens (tertiary/aromatic N) is 1. The summed E-state index contributed by atoms with van der Waals surface area (Å²) in [5, 5.41) is 6.91. The second kappa shape index (κ2) is 13.8. The molecule has 2 N–H and O–H groups in total. The number of hydrogen-bond acceptors (Lipinski definition) is 4. The van der Waals surface area contributed by atoms with E-state index in [9.17, 15) is 4.79 Å². The SMILES string of the molecule is CCOCCC1(CNC(=NC)NCCc2ccc(C(=O)OC)cc2)CCCC1.I. The Morgan fingerprint density at radius 3 is 2.45 bits per heavy atom. The second-order valence-electron chi connectivity index (χ2n) is 7.45. The van der Waals surface area contributed by atoms with Gasteiger partial charge in [0.2, 0.25) is 0 Å². The second-order valence-corrected chi connectivity index (χ2v) is 7.45. The molecule has 0 radical (unpaired) electrons. The van der Waals surface area contributed by atoms with Crippen molar-refractivity contribution in [1.82, 2.24) is 10.6 Å². The summed E-state index contributed by atoms with van der Waals surface area (Å²) in [6.07, 6.45) is 7.10. The van der Waals surface area contributed by atoms with Crippen LogP contribution in [0.4, 0.5) is 0 Å². The van der Waals surface area contributed by atoms with Crippen molar-refractivity contribution in [3.63, 3.8) is 0 Å². The van der Waals surface area contributed by atoms with Crippen LogP contribution in [0.3, 0.4) is 0 Å². The predicted molar refractivity (Wildman–Crippen MR) is 128 cm³/mol. The zero-order valence-electron chi connectivity index (χ0n) is 18.0. The van der Waals surface area contributed by atoms with Crippen molar-refractivity contribution in [2.75, 3.05) is 40.5 Å². The number of rotatable bonds is 10. The molecule has 0 heterocycles. The summed E-state index contributed by atoms with van der Waals surface area (Å²) in [6, 6.07) is 7.53. The number of halogens is 1. The van der Waals surface area contributed by atoms with Gasteiger partial charge in [0.25, 0.3) is 0 Å². The molecule has 6 nitrogen and oxygen atoms in total. The van der Waals surface area contributed by atoms with Crippen molar-refractivity contribution in [2.45, 2.75) is 45.4 Å². The van der Waals surface area contributed by atoms with E-state index in [2.05, 4.69) is 15.6 Å². The Morgan fingerprint density at radius 2 is 1.86 bits per heavy atom. The van der Waals surface area contributed by atoms with Crippen molar-refractivity contribution in [2.24, 2.45) is 10.4 Å². The van der Waals surface area contributed by atoms with Gasteiger partial charge in [-0.25, -0.2) is 4.79 Å². The molecule has 2 rings (SSSR count). The van der Waals surface area contributed by atoms with Gasteiger partial charge in [-0.2, -0.15) is 0 Å². The van der Waals surface area contributed by atoms with E-state index in [1.54, 1.807) is 12.1 Å². The molecule has 0 amide bonds. The van der Waals surface area contributed by atoms with Gasteiger partial charge in [-0.1, -0.05) is 25.0 Å². The lowest BCUT2D eigenvalue weighted by Gasteiger charge is -2.30. The topological polar surface area (TPSA) is 72.0 Å². The lowest BCUT2D eigenvalue weighted by atomic mass is 9.83. The van der Waals surface area contributed by atoms with Crippen LogP contribution in [-0.4, -0.2) is 52.4 Å². The van der Waals surface area contributed by atoms with Crippen molar-refractivity contribution >= 4 is 35.9 Å². The molecule has 0 atom stereocenters. The van der Waals surface area contributed by atoms with Crippen LogP contribution in [0, 0.1) is 5.41 Å². The third kappa shape index (κ3) is 8.50. The first-order chi connectivity index (χ1) is 13.6. The highest BCUT2D eigenvalue weighted by atomic mass is 127. The Labute approximate surface area is 192 Å². The molecule has 1 aromatic carbocycles. The standard InChI is InChI=1S/C22H35N3O3.HI/c1-4-28-16-14-22(12-5-6-13-22)17-25-21(23-2)24-15-11-18-7-9-19(10-8-18)20(26)27-3;/h7-10H,4-6,11-17H2,1-3H3,(H2,23,24,25);1H. The Bertz CT molecular complexity index is 629. The first-order valence-corrected chi connectivity index (χ1v) is 10.3. The van der Waals surface area contributed by atoms with E-state index in [1.807, 2.05) is 26.1 Å². The Kier molecular flexibility index (Phi) is 12.2. The van der Waals surface area contributed by atoms with Crippen LogP contribution < -0.4 is 10.6 Å². The summed E-state index contributed by atoms with van der Waals surface area (Å²) in [5.74, 6) is 0.535. The Balaban J connectivity index is 0.00000420. The summed E-state index contributed by atoms with van der Waals surface area (Å²) in [4.78, 5) is 15.8. The molecule has 1 aromatic rings. The first kappa shape index (κ1) is 25.7. The summed E-state index contributed by atoms with van der Waals surface area (Å²) in [7, 11) is 3.20. The minimum absolute atomic E-state index is 0. The molecule has 0 bridgehead atoms. The average Bonchev–Trinajstić information content (AvgIpc) is 3.19. The third-order valence-corrected chi connectivity index (χ3v) is 5.58. The summed E-state index contributed by atoms with van der Waals surface area (Å²) < 4.78 is 10.3. The zero-order valence-corrected chi connectivity index (χ0v) is 20.3. The van der Waals surface area contributed by atoms with Gasteiger partial charge in [0.05, 0.1) is 12.7 Å². The molecule has 29 heavy (non-hydrogen) atoms. The minimum atomic E-state index is -0.306. The highest BCUT2D eigenvalue weighted by Gasteiger charge is 2.33. The van der Waals surface area contributed by atoms with Gasteiger partial charge in [0.1, 0.15) is 0 Å². The van der Waals surface area contributed by atoms with Crippen LogP contribution in [-0.2, 0) is 15.9 Å². The molecular formula is C22H36IN3O3. The summed E-state index contributed by atoms with van der Waals surface area (Å²) >= 11 is 0. The van der Waals surface area contributed by atoms with E-state index in [-0.39, 0.29) is 29.9 Å². The normalized spacial score (nSPS) is 15.5. The van der Waals surface area contributed by atoms with Crippen LogP contribution in [0.15, 0.2) is 29.3 Å². The van der Waals surface area contributed by atoms with E-state index >= 15 is 0 Å². The smallest absolute Gasteiger partial charge is 0.337 e. The van der Waals surface area contributed by atoms with E-state index < -0.39 is 0 Å². The molecule has 1 aliphatic carbocycles. The number of carbonyl (C=O) groups is 1. The monoisotopic (exact) mass is 517 g/mol. The van der Waals surface area contributed by atoms with Crippen LogP contribution >= 0.6 is 24.0 Å². The number of methoxy groups -OCH3 is 1. The van der Waals surface area contributed by atoms with E-state index in [1.165, 1.54) is 38.4 Å². The van der Waals surface area contributed by atoms with Gasteiger partial charge in [0.15, 0.2) is 5.96 Å². The van der Waals surface area contributed by atoms with E-state index in [0.717, 1.165) is 45.1 Å². The molecule has 7 heteroatoms. The third-order valence-electron chi connectivity index (χ3n) is 5.58. The number of nitrogens with one attached hydrogen (secondary N) is 2. The fourth-order valence-electron chi connectivity index (χ4n) is 3.82. The van der Waals surface area contributed by atoms with Crippen molar-refractivity contribution in [3.05, 3.63) is 35.4 Å². The van der Waals surface area contributed by atoms with Crippen LogP contribution in [0.2, 0.25) is 0 Å². The maximum atomic E-state index is 11.5. The summed E-state index contributed by atoms with van der Waals surface area (Å²) in [5.41, 5.74) is 2.07. The number of hydrogen-bond donors (Lipinski definition) is 2. The highest BCUT2D eigenvalue weighted by molar-refractivity contribution is 14.0.